The van der Waals surface area contributed by atoms with Gasteiger partial charge in [0.2, 0.25) is 0 Å². The number of carbonyl (C=O) groups excluding carboxylic acids is 1. The maximum atomic E-state index is 12.9. The second-order valence-corrected chi connectivity index (χ2v) is 6.98. The topological polar surface area (TPSA) is 59.6 Å². The number of benzene rings is 1. The van der Waals surface area contributed by atoms with E-state index in [1.165, 1.54) is 24.3 Å². The number of amides is 2. The summed E-state index contributed by atoms with van der Waals surface area (Å²) in [6, 6.07) is 6.96. The number of anilines is 1. The van der Waals surface area contributed by atoms with Crippen LogP contribution in [0, 0.1) is 23.6 Å². The summed E-state index contributed by atoms with van der Waals surface area (Å²) in [4.78, 5) is 12.2. The minimum Gasteiger partial charge on any atom is -0.372 e. The number of nitrogens with one attached hydrogen (secondary N) is 2. The SMILES string of the molecule is O=C(Nc1ccc(F)cc1)N[C@H]1CO[C@H]2[C@@H]1OC[C@@H]2C#Cc1ccsc1. The van der Waals surface area contributed by atoms with E-state index in [0.29, 0.717) is 18.9 Å². The first-order valence-electron chi connectivity index (χ1n) is 8.29. The maximum Gasteiger partial charge on any atom is 0.319 e. The zero-order valence-electron chi connectivity index (χ0n) is 13.8. The molecule has 0 spiro atoms. The van der Waals surface area contributed by atoms with Gasteiger partial charge in [0.05, 0.1) is 25.2 Å². The normalized spacial score (nSPS) is 26.7. The van der Waals surface area contributed by atoms with Crippen LogP contribution in [0.2, 0.25) is 0 Å². The Morgan fingerprint density at radius 2 is 1.96 bits per heavy atom. The van der Waals surface area contributed by atoms with Crippen LogP contribution < -0.4 is 10.6 Å². The molecule has 2 N–H and O–H groups in total. The summed E-state index contributed by atoms with van der Waals surface area (Å²) in [6.07, 6.45) is -0.354. The summed E-state index contributed by atoms with van der Waals surface area (Å²) in [5.74, 6) is 6.00. The second kappa shape index (κ2) is 7.46. The molecule has 26 heavy (non-hydrogen) atoms. The van der Waals surface area contributed by atoms with Crippen molar-refractivity contribution in [2.75, 3.05) is 18.5 Å². The molecule has 3 heterocycles. The van der Waals surface area contributed by atoms with Crippen LogP contribution >= 0.6 is 11.3 Å². The van der Waals surface area contributed by atoms with E-state index in [4.69, 9.17) is 9.47 Å². The highest BCUT2D eigenvalue weighted by atomic mass is 32.1. The molecule has 0 aliphatic carbocycles. The number of carbonyl (C=O) groups is 1. The summed E-state index contributed by atoms with van der Waals surface area (Å²) in [7, 11) is 0. The van der Waals surface area contributed by atoms with Crippen LogP contribution in [0.15, 0.2) is 41.1 Å². The molecule has 0 radical (unpaired) electrons. The lowest BCUT2D eigenvalue weighted by Crippen LogP contribution is -2.45. The van der Waals surface area contributed by atoms with Gasteiger partial charge in [-0.2, -0.15) is 11.3 Å². The Kier molecular flexibility index (Phi) is 4.89. The largest absolute Gasteiger partial charge is 0.372 e. The average Bonchev–Trinajstić information content (AvgIpc) is 3.35. The smallest absolute Gasteiger partial charge is 0.319 e. The van der Waals surface area contributed by atoms with E-state index in [0.717, 1.165) is 5.56 Å². The average molecular weight is 372 g/mol. The molecule has 0 saturated carbocycles. The molecule has 2 aliphatic rings. The predicted molar refractivity (Wildman–Crippen MR) is 96.5 cm³/mol. The van der Waals surface area contributed by atoms with Crippen molar-refractivity contribution in [3.8, 4) is 11.8 Å². The molecule has 1 aromatic heterocycles. The quantitative estimate of drug-likeness (QED) is 0.797. The Balaban J connectivity index is 1.34. The molecule has 4 rings (SSSR count). The van der Waals surface area contributed by atoms with Crippen molar-refractivity contribution in [2.45, 2.75) is 18.2 Å². The summed E-state index contributed by atoms with van der Waals surface area (Å²) in [5, 5.41) is 9.53. The van der Waals surface area contributed by atoms with E-state index in [-0.39, 0.29) is 36.0 Å². The predicted octanol–water partition coefficient (Wildman–Crippen LogP) is 2.84. The number of hydrogen-bond acceptors (Lipinski definition) is 4. The third-order valence-electron chi connectivity index (χ3n) is 4.40. The van der Waals surface area contributed by atoms with E-state index < -0.39 is 0 Å². The molecule has 2 aromatic rings. The first kappa shape index (κ1) is 17.0. The van der Waals surface area contributed by atoms with Gasteiger partial charge in [-0.05, 0) is 35.7 Å². The van der Waals surface area contributed by atoms with E-state index >= 15 is 0 Å². The molecule has 7 heteroatoms. The van der Waals surface area contributed by atoms with E-state index in [9.17, 15) is 9.18 Å². The molecule has 2 saturated heterocycles. The van der Waals surface area contributed by atoms with Crippen LogP contribution in [-0.2, 0) is 9.47 Å². The van der Waals surface area contributed by atoms with Gasteiger partial charge in [0.25, 0.3) is 0 Å². The van der Waals surface area contributed by atoms with Gasteiger partial charge in [0.1, 0.15) is 18.0 Å². The van der Waals surface area contributed by atoms with Gasteiger partial charge in [0.15, 0.2) is 0 Å². The van der Waals surface area contributed by atoms with E-state index in [1.807, 2.05) is 16.8 Å². The first-order chi connectivity index (χ1) is 12.7. The number of fused-ring (bicyclic) bond motifs is 1. The van der Waals surface area contributed by atoms with Crippen molar-refractivity contribution >= 4 is 23.1 Å². The van der Waals surface area contributed by atoms with Crippen LogP contribution in [0.5, 0.6) is 0 Å². The van der Waals surface area contributed by atoms with Gasteiger partial charge < -0.3 is 20.1 Å². The number of urea groups is 1. The lowest BCUT2D eigenvalue weighted by molar-refractivity contribution is 0.0666. The third-order valence-corrected chi connectivity index (χ3v) is 5.08. The summed E-state index contributed by atoms with van der Waals surface area (Å²) in [5.41, 5.74) is 1.51. The summed E-state index contributed by atoms with van der Waals surface area (Å²) >= 11 is 1.61. The Morgan fingerprint density at radius 1 is 1.15 bits per heavy atom. The third kappa shape index (κ3) is 3.73. The minimum absolute atomic E-state index is 0.00754. The van der Waals surface area contributed by atoms with Crippen molar-refractivity contribution in [2.24, 2.45) is 5.92 Å². The lowest BCUT2D eigenvalue weighted by Gasteiger charge is -2.17. The van der Waals surface area contributed by atoms with Gasteiger partial charge in [0, 0.05) is 16.6 Å². The van der Waals surface area contributed by atoms with Crippen molar-refractivity contribution < 1.29 is 18.7 Å². The summed E-state index contributed by atoms with van der Waals surface area (Å²) in [6.45, 7) is 0.868. The molecule has 134 valence electrons. The van der Waals surface area contributed by atoms with Gasteiger partial charge in [-0.15, -0.1) is 0 Å². The molecule has 0 bridgehead atoms. The molecule has 0 unspecified atom stereocenters. The minimum atomic E-state index is -0.373. The second-order valence-electron chi connectivity index (χ2n) is 6.20. The van der Waals surface area contributed by atoms with Crippen LogP contribution in [0.25, 0.3) is 0 Å². The zero-order chi connectivity index (χ0) is 17.9. The van der Waals surface area contributed by atoms with Gasteiger partial charge in [-0.25, -0.2) is 9.18 Å². The Labute approximate surface area is 154 Å². The van der Waals surface area contributed by atoms with Gasteiger partial charge in [-0.3, -0.25) is 0 Å². The van der Waals surface area contributed by atoms with Crippen LogP contribution in [-0.4, -0.2) is 37.5 Å². The highest BCUT2D eigenvalue weighted by molar-refractivity contribution is 7.08. The molecular formula is C19H17FN2O3S. The van der Waals surface area contributed by atoms with Crippen molar-refractivity contribution in [3.63, 3.8) is 0 Å². The highest BCUT2D eigenvalue weighted by Gasteiger charge is 2.47. The van der Waals surface area contributed by atoms with Crippen molar-refractivity contribution in [1.29, 1.82) is 0 Å². The molecular weight excluding hydrogens is 355 g/mol. The van der Waals surface area contributed by atoms with Crippen LogP contribution in [0.3, 0.4) is 0 Å². The van der Waals surface area contributed by atoms with Crippen LogP contribution in [0.4, 0.5) is 14.9 Å². The fourth-order valence-electron chi connectivity index (χ4n) is 3.13. The Morgan fingerprint density at radius 3 is 2.73 bits per heavy atom. The summed E-state index contributed by atoms with van der Waals surface area (Å²) < 4.78 is 24.6. The Bertz CT molecular complexity index is 829. The maximum absolute atomic E-state index is 12.9. The standard InChI is InChI=1S/C19H17FN2O3S/c20-14-3-5-15(6-4-14)21-19(23)22-16-10-25-17-13(9-24-18(16)17)2-1-12-7-8-26-11-12/h3-8,11,13,16-18H,9-10H2,(H2,21,22,23)/t13-,16-,17+,18+/m0/s1. The number of hydrogen-bond donors (Lipinski definition) is 2. The van der Waals surface area contributed by atoms with Crippen molar-refractivity contribution in [1.82, 2.24) is 5.32 Å². The molecule has 2 fully saturated rings. The van der Waals surface area contributed by atoms with Crippen molar-refractivity contribution in [3.05, 3.63) is 52.5 Å². The fraction of sp³-hybridized carbons (Fsp3) is 0.316. The number of ether oxygens (including phenoxy) is 2. The first-order valence-corrected chi connectivity index (χ1v) is 9.23. The molecule has 1 aromatic carbocycles. The van der Waals surface area contributed by atoms with Gasteiger partial charge in [-0.1, -0.05) is 11.8 Å². The zero-order valence-corrected chi connectivity index (χ0v) is 14.6. The monoisotopic (exact) mass is 372 g/mol. The molecule has 2 amide bonds. The fourth-order valence-corrected chi connectivity index (χ4v) is 3.71. The van der Waals surface area contributed by atoms with E-state index in [1.54, 1.807) is 11.3 Å². The number of thiophene rings is 1. The number of halogens is 1. The van der Waals surface area contributed by atoms with Gasteiger partial charge >= 0.3 is 6.03 Å². The molecule has 5 nitrogen and oxygen atoms in total. The molecule has 4 atom stereocenters. The van der Waals surface area contributed by atoms with E-state index in [2.05, 4.69) is 22.5 Å². The Hall–Kier alpha value is -2.40. The molecule has 2 aliphatic heterocycles. The van der Waals surface area contributed by atoms with Crippen LogP contribution in [0.1, 0.15) is 5.56 Å². The lowest BCUT2D eigenvalue weighted by atomic mass is 10.0. The number of rotatable bonds is 2. The highest BCUT2D eigenvalue weighted by Crippen LogP contribution is 2.31.